The monoisotopic (exact) mass is 410 g/mol. The number of halogens is 1. The number of para-hydroxylation sites is 2. The fourth-order valence-corrected chi connectivity index (χ4v) is 4.56. The van der Waals surface area contributed by atoms with Gasteiger partial charge in [0.1, 0.15) is 0 Å². The van der Waals surface area contributed by atoms with Gasteiger partial charge in [0.15, 0.2) is 0 Å². The lowest BCUT2D eigenvalue weighted by molar-refractivity contribution is 0.123. The topological polar surface area (TPSA) is 58.6 Å². The third kappa shape index (κ3) is 3.74. The summed E-state index contributed by atoms with van der Waals surface area (Å²) in [5.74, 6) is 0. The lowest BCUT2D eigenvalue weighted by Crippen LogP contribution is -2.36. The van der Waals surface area contributed by atoms with Crippen LogP contribution in [-0.2, 0) is 14.8 Å². The Morgan fingerprint density at radius 3 is 2.58 bits per heavy atom. The molecule has 5 nitrogen and oxygen atoms in total. The Hall–Kier alpha value is -1.57. The zero-order valence-electron chi connectivity index (χ0n) is 13.3. The molecule has 3 rings (SSSR count). The van der Waals surface area contributed by atoms with Crippen molar-refractivity contribution in [3.8, 4) is 0 Å². The number of nitrogens with zero attached hydrogens (tertiary/aromatic N) is 1. The van der Waals surface area contributed by atoms with E-state index in [2.05, 4.69) is 25.6 Å². The van der Waals surface area contributed by atoms with Crippen LogP contribution >= 0.6 is 15.9 Å². The number of hydrogen-bond acceptors (Lipinski definition) is 4. The minimum atomic E-state index is -3.67. The summed E-state index contributed by atoms with van der Waals surface area (Å²) in [6.07, 6.45) is 0. The van der Waals surface area contributed by atoms with Crippen LogP contribution in [0.1, 0.15) is 5.56 Å². The van der Waals surface area contributed by atoms with Crippen molar-refractivity contribution >= 4 is 37.3 Å². The van der Waals surface area contributed by atoms with Crippen molar-refractivity contribution in [1.82, 2.24) is 0 Å². The van der Waals surface area contributed by atoms with Crippen LogP contribution in [0.15, 0.2) is 51.8 Å². The SMILES string of the molecule is Cc1ccc(Br)cc1S(=O)(=O)Nc1ccccc1N1CCOCC1. The van der Waals surface area contributed by atoms with Crippen molar-refractivity contribution in [1.29, 1.82) is 0 Å². The molecule has 0 saturated carbocycles. The second-order valence-corrected chi connectivity index (χ2v) is 8.20. The van der Waals surface area contributed by atoms with Crippen LogP contribution in [0.25, 0.3) is 0 Å². The summed E-state index contributed by atoms with van der Waals surface area (Å²) in [7, 11) is -3.67. The van der Waals surface area contributed by atoms with Crippen LogP contribution in [0.5, 0.6) is 0 Å². The van der Waals surface area contributed by atoms with Crippen LogP contribution in [-0.4, -0.2) is 34.7 Å². The maximum absolute atomic E-state index is 12.8. The lowest BCUT2D eigenvalue weighted by atomic mass is 10.2. The van der Waals surface area contributed by atoms with E-state index in [9.17, 15) is 8.42 Å². The molecule has 2 aromatic carbocycles. The summed E-state index contributed by atoms with van der Waals surface area (Å²) in [5.41, 5.74) is 2.16. The predicted octanol–water partition coefficient (Wildman–Crippen LogP) is 3.39. The van der Waals surface area contributed by atoms with Crippen LogP contribution in [0.2, 0.25) is 0 Å². The molecule has 24 heavy (non-hydrogen) atoms. The van der Waals surface area contributed by atoms with E-state index in [1.54, 1.807) is 25.1 Å². The van der Waals surface area contributed by atoms with Gasteiger partial charge in [0.05, 0.1) is 29.5 Å². The van der Waals surface area contributed by atoms with E-state index in [1.807, 2.05) is 24.3 Å². The zero-order chi connectivity index (χ0) is 17.2. The largest absolute Gasteiger partial charge is 0.378 e. The molecule has 1 aliphatic rings. The van der Waals surface area contributed by atoms with E-state index in [0.29, 0.717) is 24.5 Å². The van der Waals surface area contributed by atoms with Gasteiger partial charge in [0, 0.05) is 17.6 Å². The number of aryl methyl sites for hydroxylation is 1. The normalized spacial score (nSPS) is 15.3. The second kappa shape index (κ2) is 7.13. The molecule has 0 aliphatic carbocycles. The molecule has 1 aliphatic heterocycles. The maximum Gasteiger partial charge on any atom is 0.262 e. The Morgan fingerprint density at radius 1 is 1.12 bits per heavy atom. The van der Waals surface area contributed by atoms with Gasteiger partial charge in [-0.05, 0) is 36.8 Å². The van der Waals surface area contributed by atoms with E-state index in [4.69, 9.17) is 4.74 Å². The minimum Gasteiger partial charge on any atom is -0.378 e. The number of anilines is 2. The van der Waals surface area contributed by atoms with Crippen LogP contribution < -0.4 is 9.62 Å². The minimum absolute atomic E-state index is 0.272. The Kier molecular flexibility index (Phi) is 5.12. The third-order valence-corrected chi connectivity index (χ3v) is 5.94. The second-order valence-electron chi connectivity index (χ2n) is 5.63. The van der Waals surface area contributed by atoms with E-state index >= 15 is 0 Å². The molecule has 0 atom stereocenters. The Morgan fingerprint density at radius 2 is 1.83 bits per heavy atom. The number of morpholine rings is 1. The van der Waals surface area contributed by atoms with E-state index in [0.717, 1.165) is 23.2 Å². The van der Waals surface area contributed by atoms with Crippen molar-refractivity contribution in [2.75, 3.05) is 35.9 Å². The molecule has 0 aromatic heterocycles. The highest BCUT2D eigenvalue weighted by Gasteiger charge is 2.21. The maximum atomic E-state index is 12.8. The highest BCUT2D eigenvalue weighted by atomic mass is 79.9. The fourth-order valence-electron chi connectivity index (χ4n) is 2.70. The molecule has 0 spiro atoms. The van der Waals surface area contributed by atoms with Gasteiger partial charge in [-0.15, -0.1) is 0 Å². The van der Waals surface area contributed by atoms with Crippen LogP contribution in [0.4, 0.5) is 11.4 Å². The summed E-state index contributed by atoms with van der Waals surface area (Å²) in [6, 6.07) is 12.7. The standard InChI is InChI=1S/C17H19BrN2O3S/c1-13-6-7-14(18)12-17(13)24(21,22)19-15-4-2-3-5-16(15)20-8-10-23-11-9-20/h2-7,12,19H,8-11H2,1H3. The first kappa shape index (κ1) is 17.3. The van der Waals surface area contributed by atoms with Crippen LogP contribution in [0, 0.1) is 6.92 Å². The zero-order valence-corrected chi connectivity index (χ0v) is 15.7. The van der Waals surface area contributed by atoms with Crippen molar-refractivity contribution in [3.63, 3.8) is 0 Å². The number of ether oxygens (including phenoxy) is 1. The quantitative estimate of drug-likeness (QED) is 0.838. The molecule has 0 unspecified atom stereocenters. The Labute approximate surface area is 150 Å². The molecule has 1 heterocycles. The van der Waals surface area contributed by atoms with Gasteiger partial charge < -0.3 is 9.64 Å². The molecule has 0 amide bonds. The molecule has 2 aromatic rings. The average molecular weight is 411 g/mol. The summed E-state index contributed by atoms with van der Waals surface area (Å²) in [4.78, 5) is 2.41. The summed E-state index contributed by atoms with van der Waals surface area (Å²) < 4.78 is 34.5. The summed E-state index contributed by atoms with van der Waals surface area (Å²) in [6.45, 7) is 4.57. The molecule has 1 N–H and O–H groups in total. The molecule has 0 bridgehead atoms. The van der Waals surface area contributed by atoms with Gasteiger partial charge in [0.25, 0.3) is 10.0 Å². The number of benzene rings is 2. The molecule has 1 saturated heterocycles. The molecular weight excluding hydrogens is 392 g/mol. The third-order valence-electron chi connectivity index (χ3n) is 3.94. The first-order valence-corrected chi connectivity index (χ1v) is 9.96. The fraction of sp³-hybridized carbons (Fsp3) is 0.294. The number of nitrogens with one attached hydrogen (secondary N) is 1. The highest BCUT2D eigenvalue weighted by Crippen LogP contribution is 2.30. The van der Waals surface area contributed by atoms with Crippen molar-refractivity contribution < 1.29 is 13.2 Å². The lowest BCUT2D eigenvalue weighted by Gasteiger charge is -2.30. The summed E-state index contributed by atoms with van der Waals surface area (Å²) in [5, 5.41) is 0. The van der Waals surface area contributed by atoms with E-state index < -0.39 is 10.0 Å². The van der Waals surface area contributed by atoms with Gasteiger partial charge >= 0.3 is 0 Å². The first-order valence-electron chi connectivity index (χ1n) is 7.68. The predicted molar refractivity (Wildman–Crippen MR) is 99.2 cm³/mol. The van der Waals surface area contributed by atoms with Gasteiger partial charge in [-0.1, -0.05) is 34.1 Å². The number of rotatable bonds is 4. The molecule has 128 valence electrons. The molecular formula is C17H19BrN2O3S. The van der Waals surface area contributed by atoms with Gasteiger partial charge in [-0.25, -0.2) is 8.42 Å². The molecule has 0 radical (unpaired) electrons. The first-order chi connectivity index (χ1) is 11.5. The molecule has 7 heteroatoms. The van der Waals surface area contributed by atoms with Gasteiger partial charge in [0.2, 0.25) is 0 Å². The van der Waals surface area contributed by atoms with Crippen molar-refractivity contribution in [2.24, 2.45) is 0 Å². The number of hydrogen-bond donors (Lipinski definition) is 1. The van der Waals surface area contributed by atoms with E-state index in [-0.39, 0.29) is 4.90 Å². The van der Waals surface area contributed by atoms with Crippen molar-refractivity contribution in [3.05, 3.63) is 52.5 Å². The van der Waals surface area contributed by atoms with E-state index in [1.165, 1.54) is 0 Å². The Bertz CT molecular complexity index is 833. The van der Waals surface area contributed by atoms with Crippen molar-refractivity contribution in [2.45, 2.75) is 11.8 Å². The van der Waals surface area contributed by atoms with Crippen LogP contribution in [0.3, 0.4) is 0 Å². The Balaban J connectivity index is 1.94. The van der Waals surface area contributed by atoms with Gasteiger partial charge in [-0.3, -0.25) is 4.72 Å². The summed E-state index contributed by atoms with van der Waals surface area (Å²) >= 11 is 3.34. The molecule has 1 fully saturated rings. The average Bonchev–Trinajstić information content (AvgIpc) is 2.58. The highest BCUT2D eigenvalue weighted by molar-refractivity contribution is 9.10. The van der Waals surface area contributed by atoms with Gasteiger partial charge in [-0.2, -0.15) is 0 Å². The smallest absolute Gasteiger partial charge is 0.262 e. The number of sulfonamides is 1.